The predicted molar refractivity (Wildman–Crippen MR) is 56.3 cm³/mol. The first-order valence-corrected chi connectivity index (χ1v) is 5.41. The quantitative estimate of drug-likeness (QED) is 0.686. The number of anilines is 1. The molecular formula is C10H14N4O2. The van der Waals surface area contributed by atoms with Gasteiger partial charge in [0.05, 0.1) is 12.5 Å². The summed E-state index contributed by atoms with van der Waals surface area (Å²) in [6.07, 6.45) is 0. The summed E-state index contributed by atoms with van der Waals surface area (Å²) in [7, 11) is 3.73. The van der Waals surface area contributed by atoms with Gasteiger partial charge in [0.25, 0.3) is 5.95 Å². The van der Waals surface area contributed by atoms with Gasteiger partial charge in [-0.1, -0.05) is 0 Å². The Hall–Kier alpha value is -1.43. The minimum atomic E-state index is 0.0652. The highest BCUT2D eigenvalue weighted by Crippen LogP contribution is 2.37. The number of carbonyl (C=O) groups excluding carboxylic acids is 1. The van der Waals surface area contributed by atoms with Gasteiger partial charge in [0, 0.05) is 33.1 Å². The van der Waals surface area contributed by atoms with Crippen LogP contribution in [0.25, 0.3) is 0 Å². The summed E-state index contributed by atoms with van der Waals surface area (Å²) in [5.41, 5.74) is 0. The lowest BCUT2D eigenvalue weighted by molar-refractivity contribution is -0.121. The van der Waals surface area contributed by atoms with Gasteiger partial charge in [-0.25, -0.2) is 0 Å². The minimum Gasteiger partial charge on any atom is -0.344 e. The fourth-order valence-corrected chi connectivity index (χ4v) is 2.49. The van der Waals surface area contributed by atoms with E-state index < -0.39 is 0 Å². The van der Waals surface area contributed by atoms with Crippen molar-refractivity contribution in [1.82, 2.24) is 15.0 Å². The number of hydrogen-bond acceptors (Lipinski definition) is 6. The van der Waals surface area contributed by atoms with E-state index in [2.05, 4.69) is 15.0 Å². The Bertz CT molecular complexity index is 428. The van der Waals surface area contributed by atoms with E-state index in [0.717, 1.165) is 13.1 Å². The molecule has 2 saturated heterocycles. The van der Waals surface area contributed by atoms with Crippen molar-refractivity contribution in [3.8, 4) is 0 Å². The predicted octanol–water partition coefficient (Wildman–Crippen LogP) is -0.266. The molecule has 3 unspecified atom stereocenters. The molecule has 1 aromatic rings. The first-order valence-electron chi connectivity index (χ1n) is 5.41. The van der Waals surface area contributed by atoms with Crippen LogP contribution in [-0.2, 0) is 4.79 Å². The molecule has 3 rings (SSSR count). The SMILES string of the molecule is CN(C)c1noc(C2CN3CC(=O)C2C3)n1. The average molecular weight is 222 g/mol. The number of ketones is 1. The summed E-state index contributed by atoms with van der Waals surface area (Å²) in [6.45, 7) is 2.31. The summed E-state index contributed by atoms with van der Waals surface area (Å²) < 4.78 is 5.23. The molecule has 6 heteroatoms. The number of hydrogen-bond donors (Lipinski definition) is 0. The topological polar surface area (TPSA) is 62.5 Å². The molecule has 2 aliphatic rings. The Morgan fingerprint density at radius 1 is 1.38 bits per heavy atom. The van der Waals surface area contributed by atoms with Gasteiger partial charge < -0.3 is 9.42 Å². The van der Waals surface area contributed by atoms with E-state index in [1.54, 1.807) is 4.90 Å². The number of nitrogens with zero attached hydrogens (tertiary/aromatic N) is 4. The largest absolute Gasteiger partial charge is 0.344 e. The second kappa shape index (κ2) is 3.28. The third-order valence-electron chi connectivity index (χ3n) is 3.34. The van der Waals surface area contributed by atoms with Gasteiger partial charge in [-0.05, 0) is 5.16 Å². The first kappa shape index (κ1) is 9.77. The summed E-state index contributed by atoms with van der Waals surface area (Å²) in [6, 6.07) is 0. The lowest BCUT2D eigenvalue weighted by Crippen LogP contribution is -2.29. The second-order valence-corrected chi connectivity index (χ2v) is 4.70. The lowest BCUT2D eigenvalue weighted by Gasteiger charge is -2.17. The molecular weight excluding hydrogens is 208 g/mol. The van der Waals surface area contributed by atoms with Crippen LogP contribution in [0, 0.1) is 5.92 Å². The molecule has 0 N–H and O–H groups in total. The van der Waals surface area contributed by atoms with E-state index in [0.29, 0.717) is 24.2 Å². The van der Waals surface area contributed by atoms with Crippen molar-refractivity contribution in [2.45, 2.75) is 5.92 Å². The molecule has 16 heavy (non-hydrogen) atoms. The zero-order chi connectivity index (χ0) is 11.3. The summed E-state index contributed by atoms with van der Waals surface area (Å²) in [5.74, 6) is 1.64. The van der Waals surface area contributed by atoms with E-state index in [9.17, 15) is 4.79 Å². The molecule has 0 amide bonds. The van der Waals surface area contributed by atoms with Gasteiger partial charge in [-0.3, -0.25) is 9.69 Å². The molecule has 0 aromatic carbocycles. The maximum atomic E-state index is 11.6. The zero-order valence-electron chi connectivity index (χ0n) is 9.38. The molecule has 3 heterocycles. The van der Waals surface area contributed by atoms with Crippen LogP contribution in [0.3, 0.4) is 0 Å². The van der Waals surface area contributed by atoms with Gasteiger partial charge in [-0.2, -0.15) is 4.98 Å². The van der Waals surface area contributed by atoms with E-state index in [1.807, 2.05) is 14.1 Å². The Kier molecular flexibility index (Phi) is 2.00. The van der Waals surface area contributed by atoms with Gasteiger partial charge >= 0.3 is 0 Å². The van der Waals surface area contributed by atoms with E-state index in [4.69, 9.17) is 4.52 Å². The highest BCUT2D eigenvalue weighted by Gasteiger charge is 2.47. The summed E-state index contributed by atoms with van der Waals surface area (Å²) in [5, 5.41) is 3.88. The average Bonchev–Trinajstić information content (AvgIpc) is 2.89. The van der Waals surface area contributed by atoms with Crippen molar-refractivity contribution in [1.29, 1.82) is 0 Å². The van der Waals surface area contributed by atoms with Crippen LogP contribution in [0.15, 0.2) is 4.52 Å². The van der Waals surface area contributed by atoms with Crippen molar-refractivity contribution in [2.75, 3.05) is 38.6 Å². The summed E-state index contributed by atoms with van der Waals surface area (Å²) in [4.78, 5) is 19.9. The van der Waals surface area contributed by atoms with Crippen LogP contribution >= 0.6 is 0 Å². The van der Waals surface area contributed by atoms with Gasteiger partial charge in [0.1, 0.15) is 0 Å². The number of rotatable bonds is 2. The monoisotopic (exact) mass is 222 g/mol. The normalized spacial score (nSPS) is 32.4. The molecule has 0 radical (unpaired) electrons. The van der Waals surface area contributed by atoms with Crippen LogP contribution in [0.4, 0.5) is 5.95 Å². The van der Waals surface area contributed by atoms with Gasteiger partial charge in [0.2, 0.25) is 5.89 Å². The zero-order valence-corrected chi connectivity index (χ0v) is 9.38. The number of aromatic nitrogens is 2. The molecule has 2 aliphatic heterocycles. The third kappa shape index (κ3) is 1.33. The Morgan fingerprint density at radius 2 is 2.12 bits per heavy atom. The van der Waals surface area contributed by atoms with E-state index in [-0.39, 0.29) is 11.8 Å². The molecule has 1 aromatic heterocycles. The smallest absolute Gasteiger partial charge is 0.265 e. The highest BCUT2D eigenvalue weighted by molar-refractivity contribution is 5.87. The highest BCUT2D eigenvalue weighted by atomic mass is 16.5. The first-order chi connectivity index (χ1) is 7.65. The molecule has 0 spiro atoms. The summed E-state index contributed by atoms with van der Waals surface area (Å²) >= 11 is 0. The van der Waals surface area contributed by atoms with Crippen LogP contribution in [0.2, 0.25) is 0 Å². The lowest BCUT2D eigenvalue weighted by atomic mass is 9.91. The number of fused-ring (bicyclic) bond motifs is 2. The van der Waals surface area contributed by atoms with Crippen molar-refractivity contribution < 1.29 is 9.32 Å². The van der Waals surface area contributed by atoms with Crippen molar-refractivity contribution in [3.05, 3.63) is 5.89 Å². The van der Waals surface area contributed by atoms with Crippen molar-refractivity contribution in [3.63, 3.8) is 0 Å². The number of piperidine rings is 1. The number of Topliss-reactive ketones (excluding diaryl/α,β-unsaturated/α-hetero) is 1. The van der Waals surface area contributed by atoms with Gasteiger partial charge in [0.15, 0.2) is 5.78 Å². The third-order valence-corrected chi connectivity index (χ3v) is 3.34. The fourth-order valence-electron chi connectivity index (χ4n) is 2.49. The number of carbonyl (C=O) groups is 1. The molecule has 0 aliphatic carbocycles. The molecule has 2 bridgehead atoms. The second-order valence-electron chi connectivity index (χ2n) is 4.70. The Morgan fingerprint density at radius 3 is 2.69 bits per heavy atom. The Balaban J connectivity index is 1.85. The molecule has 0 saturated carbocycles. The van der Waals surface area contributed by atoms with E-state index in [1.165, 1.54) is 0 Å². The molecule has 86 valence electrons. The molecule has 6 nitrogen and oxygen atoms in total. The minimum absolute atomic E-state index is 0.0652. The maximum Gasteiger partial charge on any atom is 0.265 e. The molecule has 2 fully saturated rings. The Labute approximate surface area is 93.2 Å². The molecule has 3 atom stereocenters. The van der Waals surface area contributed by atoms with Crippen molar-refractivity contribution >= 4 is 11.7 Å². The van der Waals surface area contributed by atoms with E-state index >= 15 is 0 Å². The van der Waals surface area contributed by atoms with Crippen molar-refractivity contribution in [2.24, 2.45) is 5.92 Å². The standard InChI is InChI=1S/C10H14N4O2/c1-13(2)10-11-9(16-12-10)7-4-14-3-6(7)8(15)5-14/h6-7H,3-5H2,1-2H3. The van der Waals surface area contributed by atoms with Crippen LogP contribution in [-0.4, -0.2) is 54.6 Å². The van der Waals surface area contributed by atoms with Crippen LogP contribution in [0.1, 0.15) is 11.8 Å². The van der Waals surface area contributed by atoms with Crippen LogP contribution < -0.4 is 4.90 Å². The van der Waals surface area contributed by atoms with Crippen LogP contribution in [0.5, 0.6) is 0 Å². The van der Waals surface area contributed by atoms with Gasteiger partial charge in [-0.15, -0.1) is 0 Å². The fraction of sp³-hybridized carbons (Fsp3) is 0.700. The maximum absolute atomic E-state index is 11.6.